The van der Waals surface area contributed by atoms with E-state index in [-0.39, 0.29) is 22.4 Å². The molecule has 304 valence electrons. The lowest BCUT2D eigenvalue weighted by molar-refractivity contribution is -0.275. The van der Waals surface area contributed by atoms with Gasteiger partial charge in [0.15, 0.2) is 0 Å². The van der Waals surface area contributed by atoms with Crippen LogP contribution in [-0.2, 0) is 18.5 Å². The van der Waals surface area contributed by atoms with Crippen molar-refractivity contribution in [3.8, 4) is 56.0 Å². The maximum atomic E-state index is 14.7. The van der Waals surface area contributed by atoms with Gasteiger partial charge in [-0.3, -0.25) is 0 Å². The number of ether oxygens (including phenoxy) is 2. The highest BCUT2D eigenvalue weighted by atomic mass is 19.4. The molecule has 0 atom stereocenters. The standard InChI is InChI=1S/C38H25F15N2O2/c1-16-4-32(35(42,43)44)29(13-25(16)19-7-21(54)11-23(9-19)56-37(48,49)50)27-15-30(33(6-18(27)3)36(45,46)47)26-14-28(31(5-17(26)2)34(39,40)41)20-8-22(55)12-24(10-20)57-38(51,52)53/h4-15H,54-55H2,1-3H3. The molecule has 0 aliphatic heterocycles. The molecule has 0 radical (unpaired) electrons. The number of anilines is 2. The summed E-state index contributed by atoms with van der Waals surface area (Å²) in [6.07, 6.45) is -26.2. The Balaban J connectivity index is 1.85. The monoisotopic (exact) mass is 826 g/mol. The van der Waals surface area contributed by atoms with E-state index in [1.165, 1.54) is 6.92 Å². The van der Waals surface area contributed by atoms with Gasteiger partial charge in [0.1, 0.15) is 11.5 Å². The van der Waals surface area contributed by atoms with E-state index in [1.807, 2.05) is 0 Å². The molecule has 0 saturated carbocycles. The van der Waals surface area contributed by atoms with Gasteiger partial charge >= 0.3 is 31.3 Å². The third-order valence-corrected chi connectivity index (χ3v) is 8.54. The molecule has 5 rings (SSSR count). The van der Waals surface area contributed by atoms with E-state index in [9.17, 15) is 65.9 Å². The first kappa shape index (κ1) is 42.4. The van der Waals surface area contributed by atoms with Crippen LogP contribution < -0.4 is 20.9 Å². The van der Waals surface area contributed by atoms with Gasteiger partial charge in [-0.05, 0) is 143 Å². The van der Waals surface area contributed by atoms with Crippen LogP contribution in [0.1, 0.15) is 33.4 Å². The highest BCUT2D eigenvalue weighted by molar-refractivity contribution is 5.87. The van der Waals surface area contributed by atoms with Crippen molar-refractivity contribution in [2.24, 2.45) is 0 Å². The largest absolute Gasteiger partial charge is 0.573 e. The Morgan fingerprint density at radius 2 is 0.649 bits per heavy atom. The first-order valence-corrected chi connectivity index (χ1v) is 15.9. The van der Waals surface area contributed by atoms with Crippen molar-refractivity contribution in [1.29, 1.82) is 0 Å². The normalized spacial score (nSPS) is 12.9. The minimum absolute atomic E-state index is 0.148. The number of hydrogen-bond donors (Lipinski definition) is 2. The molecule has 0 unspecified atom stereocenters. The van der Waals surface area contributed by atoms with Crippen LogP contribution in [0.3, 0.4) is 0 Å². The van der Waals surface area contributed by atoms with Crippen molar-refractivity contribution in [2.75, 3.05) is 11.5 Å². The van der Waals surface area contributed by atoms with Crippen LogP contribution in [0.25, 0.3) is 44.5 Å². The summed E-state index contributed by atoms with van der Waals surface area (Å²) in [5.74, 6) is -1.90. The SMILES string of the molecule is Cc1cc(C(F)(F)F)c(-c2cc(-c3cc(-c4cc(N)cc(OC(F)(F)F)c4)c(C(F)(F)F)cc3C)c(C(F)(F)F)cc2C)cc1-c1cc(N)cc(OC(F)(F)F)c1. The molecule has 57 heavy (non-hydrogen) atoms. The van der Waals surface area contributed by atoms with Crippen molar-refractivity contribution in [2.45, 2.75) is 52.0 Å². The van der Waals surface area contributed by atoms with Crippen molar-refractivity contribution in [3.05, 3.63) is 106 Å². The van der Waals surface area contributed by atoms with Gasteiger partial charge in [0.25, 0.3) is 0 Å². The number of benzene rings is 5. The average molecular weight is 827 g/mol. The van der Waals surface area contributed by atoms with Crippen LogP contribution in [0.4, 0.5) is 77.2 Å². The molecule has 5 aromatic carbocycles. The first-order chi connectivity index (χ1) is 25.9. The Morgan fingerprint density at radius 3 is 1.00 bits per heavy atom. The maximum absolute atomic E-state index is 14.7. The maximum Gasteiger partial charge on any atom is 0.573 e. The van der Waals surface area contributed by atoms with E-state index in [4.69, 9.17) is 11.5 Å². The Morgan fingerprint density at radius 1 is 0.351 bits per heavy atom. The average Bonchev–Trinajstić information content (AvgIpc) is 3.01. The molecule has 0 aliphatic rings. The van der Waals surface area contributed by atoms with Crippen molar-refractivity contribution in [1.82, 2.24) is 0 Å². The predicted octanol–water partition coefficient (Wildman–Crippen LogP) is 13.3. The summed E-state index contributed by atoms with van der Waals surface area (Å²) in [7, 11) is 0. The van der Waals surface area contributed by atoms with Crippen molar-refractivity contribution in [3.63, 3.8) is 0 Å². The van der Waals surface area contributed by atoms with Gasteiger partial charge in [0.05, 0.1) is 16.7 Å². The summed E-state index contributed by atoms with van der Waals surface area (Å²) < 4.78 is 217. The lowest BCUT2D eigenvalue weighted by Crippen LogP contribution is -2.17. The number of alkyl halides is 15. The van der Waals surface area contributed by atoms with Gasteiger partial charge in [-0.15, -0.1) is 26.3 Å². The summed E-state index contributed by atoms with van der Waals surface area (Å²) >= 11 is 0. The van der Waals surface area contributed by atoms with E-state index in [2.05, 4.69) is 9.47 Å². The second-order valence-electron chi connectivity index (χ2n) is 12.8. The molecule has 0 bridgehead atoms. The van der Waals surface area contributed by atoms with Gasteiger partial charge in [-0.1, -0.05) is 0 Å². The lowest BCUT2D eigenvalue weighted by atomic mass is 9.84. The minimum Gasteiger partial charge on any atom is -0.406 e. The molecule has 0 spiro atoms. The van der Waals surface area contributed by atoms with Crippen LogP contribution in [0, 0.1) is 20.8 Å². The highest BCUT2D eigenvalue weighted by Gasteiger charge is 2.40. The minimum atomic E-state index is -5.33. The second-order valence-corrected chi connectivity index (χ2v) is 12.8. The molecular weight excluding hydrogens is 801 g/mol. The third-order valence-electron chi connectivity index (χ3n) is 8.54. The molecule has 4 N–H and O–H groups in total. The zero-order valence-corrected chi connectivity index (χ0v) is 29.1. The van der Waals surface area contributed by atoms with E-state index < -0.39 is 110 Å². The molecule has 0 heterocycles. The second kappa shape index (κ2) is 14.3. The summed E-state index contributed by atoms with van der Waals surface area (Å²) in [6.45, 7) is 3.20. The predicted molar refractivity (Wildman–Crippen MR) is 180 cm³/mol. The van der Waals surface area contributed by atoms with Crippen LogP contribution >= 0.6 is 0 Å². The fourth-order valence-electron chi connectivity index (χ4n) is 6.34. The number of halogens is 15. The Kier molecular flexibility index (Phi) is 10.7. The van der Waals surface area contributed by atoms with Gasteiger partial charge in [-0.25, -0.2) is 0 Å². The van der Waals surface area contributed by atoms with Gasteiger partial charge < -0.3 is 20.9 Å². The van der Waals surface area contributed by atoms with Crippen molar-refractivity contribution >= 4 is 11.4 Å². The molecule has 5 aromatic rings. The van der Waals surface area contributed by atoms with Crippen LogP contribution in [-0.4, -0.2) is 12.7 Å². The smallest absolute Gasteiger partial charge is 0.406 e. The Hall–Kier alpha value is -5.75. The Labute approximate surface area is 312 Å². The van der Waals surface area contributed by atoms with E-state index in [0.29, 0.717) is 42.5 Å². The molecule has 0 saturated heterocycles. The molecule has 0 fully saturated rings. The number of nitrogen functional groups attached to an aromatic ring is 2. The first-order valence-electron chi connectivity index (χ1n) is 15.9. The zero-order valence-electron chi connectivity index (χ0n) is 29.1. The number of rotatable bonds is 6. The topological polar surface area (TPSA) is 70.5 Å². The van der Waals surface area contributed by atoms with Crippen LogP contribution in [0.5, 0.6) is 11.5 Å². The number of hydrogen-bond acceptors (Lipinski definition) is 4. The molecule has 0 amide bonds. The molecule has 4 nitrogen and oxygen atoms in total. The third kappa shape index (κ3) is 9.62. The van der Waals surface area contributed by atoms with Crippen LogP contribution in [0.2, 0.25) is 0 Å². The van der Waals surface area contributed by atoms with Crippen molar-refractivity contribution < 1.29 is 75.3 Å². The zero-order chi connectivity index (χ0) is 42.8. The fourth-order valence-corrected chi connectivity index (χ4v) is 6.34. The molecule has 19 heteroatoms. The molecule has 0 aromatic heterocycles. The summed E-state index contributed by atoms with van der Waals surface area (Å²) in [6, 6.07) is 8.30. The van der Waals surface area contributed by atoms with Gasteiger partial charge in [0, 0.05) is 23.5 Å². The highest BCUT2D eigenvalue weighted by Crippen LogP contribution is 2.49. The number of aryl methyl sites for hydroxylation is 3. The summed E-state index contributed by atoms with van der Waals surface area (Å²) in [5, 5.41) is 0. The van der Waals surface area contributed by atoms with E-state index in [1.54, 1.807) is 0 Å². The van der Waals surface area contributed by atoms with Gasteiger partial charge in [-0.2, -0.15) is 39.5 Å². The number of nitrogens with two attached hydrogens (primary N) is 2. The van der Waals surface area contributed by atoms with E-state index in [0.717, 1.165) is 44.2 Å². The summed E-state index contributed by atoms with van der Waals surface area (Å²) in [4.78, 5) is 0. The molecular formula is C38H25F15N2O2. The fraction of sp³-hybridized carbons (Fsp3) is 0.211. The quantitative estimate of drug-likeness (QED) is 0.132. The Bertz CT molecular complexity index is 2350. The molecule has 0 aliphatic carbocycles. The summed E-state index contributed by atoms with van der Waals surface area (Å²) in [5.41, 5.74) is 0.385. The lowest BCUT2D eigenvalue weighted by Gasteiger charge is -2.23. The van der Waals surface area contributed by atoms with Gasteiger partial charge in [0.2, 0.25) is 0 Å². The van der Waals surface area contributed by atoms with Crippen LogP contribution in [0.15, 0.2) is 72.8 Å². The van der Waals surface area contributed by atoms with E-state index >= 15 is 0 Å².